The molecule has 4 aromatic rings. The summed E-state index contributed by atoms with van der Waals surface area (Å²) in [6.45, 7) is 2.02. The largest absolute Gasteiger partial charge is 0.461 e. The van der Waals surface area contributed by atoms with Crippen molar-refractivity contribution in [3.63, 3.8) is 0 Å². The first-order valence-electron chi connectivity index (χ1n) is 11.6. The van der Waals surface area contributed by atoms with Gasteiger partial charge in [0.05, 0.1) is 18.4 Å². The first-order valence-corrected chi connectivity index (χ1v) is 13.4. The monoisotopic (exact) mass is 493 g/mol. The lowest BCUT2D eigenvalue weighted by Crippen LogP contribution is -2.15. The number of nitrogens with one attached hydrogen (secondary N) is 1. The van der Waals surface area contributed by atoms with Gasteiger partial charge in [0, 0.05) is 22.9 Å². The van der Waals surface area contributed by atoms with Crippen LogP contribution >= 0.6 is 23.1 Å². The molecule has 34 heavy (non-hydrogen) atoms. The highest BCUT2D eigenvalue weighted by Crippen LogP contribution is 2.36. The third-order valence-corrected chi connectivity index (χ3v) is 7.82. The van der Waals surface area contributed by atoms with Crippen LogP contribution in [-0.4, -0.2) is 25.7 Å². The van der Waals surface area contributed by atoms with Gasteiger partial charge in [-0.2, -0.15) is 0 Å². The Morgan fingerprint density at radius 3 is 2.76 bits per heavy atom. The predicted octanol–water partition coefficient (Wildman–Crippen LogP) is 6.28. The maximum absolute atomic E-state index is 12.4. The minimum absolute atomic E-state index is 0.0578. The zero-order chi connectivity index (χ0) is 23.3. The zero-order valence-electron chi connectivity index (χ0n) is 19.1. The normalized spacial score (nSPS) is 14.4. The Bertz CT molecular complexity index is 1220. The summed E-state index contributed by atoms with van der Waals surface area (Å²) in [5.41, 5.74) is 2.92. The quantitative estimate of drug-likeness (QED) is 0.291. The van der Waals surface area contributed by atoms with Crippen LogP contribution in [0.1, 0.15) is 54.4 Å². The van der Waals surface area contributed by atoms with E-state index in [9.17, 15) is 4.79 Å². The number of furan rings is 1. The molecule has 1 N–H and O–H groups in total. The number of hydrogen-bond acceptors (Lipinski definition) is 7. The van der Waals surface area contributed by atoms with Crippen LogP contribution < -0.4 is 5.32 Å². The van der Waals surface area contributed by atoms with Crippen molar-refractivity contribution < 1.29 is 9.21 Å². The van der Waals surface area contributed by atoms with Crippen LogP contribution in [0.25, 0.3) is 11.6 Å². The van der Waals surface area contributed by atoms with Crippen LogP contribution in [0.15, 0.2) is 57.6 Å². The van der Waals surface area contributed by atoms with E-state index >= 15 is 0 Å². The molecule has 0 aliphatic heterocycles. The standard InChI is InChI=1S/C25H27N5O2S2/c1-17-9-11-18(12-10-17)26-22(31)14-23-27-19(15-33-23)16-34-25-29-28-24(21-8-5-13-32-21)30(25)20-6-3-2-4-7-20/h5,8-13,15,20H,2-4,6-7,14,16H2,1H3,(H,26,31). The maximum atomic E-state index is 12.4. The second-order valence-electron chi connectivity index (χ2n) is 8.56. The topological polar surface area (TPSA) is 85.8 Å². The van der Waals surface area contributed by atoms with Gasteiger partial charge in [-0.05, 0) is 44.0 Å². The average molecular weight is 494 g/mol. The zero-order valence-corrected chi connectivity index (χ0v) is 20.7. The summed E-state index contributed by atoms with van der Waals surface area (Å²) in [6.07, 6.45) is 7.95. The van der Waals surface area contributed by atoms with Crippen molar-refractivity contribution >= 4 is 34.7 Å². The van der Waals surface area contributed by atoms with E-state index in [1.165, 1.54) is 30.6 Å². The number of carbonyl (C=O) groups is 1. The Labute approximate surface area is 207 Å². The maximum Gasteiger partial charge on any atom is 0.231 e. The van der Waals surface area contributed by atoms with Crippen LogP contribution in [0.5, 0.6) is 0 Å². The molecule has 1 aliphatic rings. The van der Waals surface area contributed by atoms with Gasteiger partial charge in [0.25, 0.3) is 0 Å². The fourth-order valence-corrected chi connectivity index (χ4v) is 6.03. The van der Waals surface area contributed by atoms with Crippen molar-refractivity contribution in [3.05, 3.63) is 64.3 Å². The molecular formula is C25H27N5O2S2. The van der Waals surface area contributed by atoms with E-state index in [-0.39, 0.29) is 12.3 Å². The molecule has 0 radical (unpaired) electrons. The molecule has 0 atom stereocenters. The van der Waals surface area contributed by atoms with Crippen molar-refractivity contribution in [1.29, 1.82) is 0 Å². The van der Waals surface area contributed by atoms with Crippen molar-refractivity contribution in [3.8, 4) is 11.6 Å². The van der Waals surface area contributed by atoms with Gasteiger partial charge in [0.1, 0.15) is 5.01 Å². The molecule has 1 amide bonds. The summed E-state index contributed by atoms with van der Waals surface area (Å²) in [6, 6.07) is 12.0. The van der Waals surface area contributed by atoms with Gasteiger partial charge in [-0.15, -0.1) is 21.5 Å². The first kappa shape index (κ1) is 22.9. The van der Waals surface area contributed by atoms with Crippen molar-refractivity contribution in [2.24, 2.45) is 0 Å². The fraction of sp³-hybridized carbons (Fsp3) is 0.360. The van der Waals surface area contributed by atoms with Crippen LogP contribution in [-0.2, 0) is 17.0 Å². The minimum atomic E-state index is -0.0578. The van der Waals surface area contributed by atoms with Crippen molar-refractivity contribution in [2.45, 2.75) is 62.4 Å². The summed E-state index contributed by atoms with van der Waals surface area (Å²) in [4.78, 5) is 17.1. The van der Waals surface area contributed by atoms with Gasteiger partial charge in [-0.25, -0.2) is 4.98 Å². The molecule has 1 fully saturated rings. The van der Waals surface area contributed by atoms with E-state index in [0.29, 0.717) is 11.8 Å². The molecule has 1 saturated carbocycles. The molecule has 7 nitrogen and oxygen atoms in total. The lowest BCUT2D eigenvalue weighted by Gasteiger charge is -2.25. The second kappa shape index (κ2) is 10.6. The number of aromatic nitrogens is 4. The number of thiazole rings is 1. The van der Waals surface area contributed by atoms with Crippen LogP contribution in [0, 0.1) is 6.92 Å². The Kier molecular flexibility index (Phi) is 7.10. The van der Waals surface area contributed by atoms with Gasteiger partial charge < -0.3 is 9.73 Å². The number of carbonyl (C=O) groups excluding carboxylic acids is 1. The van der Waals surface area contributed by atoms with Crippen LogP contribution in [0.4, 0.5) is 5.69 Å². The van der Waals surface area contributed by atoms with Crippen LogP contribution in [0.2, 0.25) is 0 Å². The number of amides is 1. The van der Waals surface area contributed by atoms with E-state index in [2.05, 4.69) is 25.1 Å². The molecule has 1 aliphatic carbocycles. The number of nitrogens with zero attached hydrogens (tertiary/aromatic N) is 4. The van der Waals surface area contributed by atoms with E-state index in [1.54, 1.807) is 18.0 Å². The molecule has 0 bridgehead atoms. The molecule has 5 rings (SSSR count). The second-order valence-corrected chi connectivity index (χ2v) is 10.4. The van der Waals surface area contributed by atoms with E-state index in [4.69, 9.17) is 4.42 Å². The van der Waals surface area contributed by atoms with Crippen molar-refractivity contribution in [2.75, 3.05) is 5.32 Å². The minimum Gasteiger partial charge on any atom is -0.461 e. The number of anilines is 1. The van der Waals surface area contributed by atoms with Gasteiger partial charge in [-0.3, -0.25) is 9.36 Å². The number of rotatable bonds is 8. The van der Waals surface area contributed by atoms with Gasteiger partial charge in [0.15, 0.2) is 10.9 Å². The molecule has 3 aromatic heterocycles. The number of benzene rings is 1. The Morgan fingerprint density at radius 2 is 2.00 bits per heavy atom. The lowest BCUT2D eigenvalue weighted by molar-refractivity contribution is -0.115. The Balaban J connectivity index is 1.24. The van der Waals surface area contributed by atoms with Gasteiger partial charge >= 0.3 is 0 Å². The first-order chi connectivity index (χ1) is 16.7. The SMILES string of the molecule is Cc1ccc(NC(=O)Cc2nc(CSc3nnc(-c4ccco4)n3C3CCCCC3)cs2)cc1. The lowest BCUT2D eigenvalue weighted by atomic mass is 9.95. The number of hydrogen-bond donors (Lipinski definition) is 1. The van der Waals surface area contributed by atoms with Gasteiger partial charge in [0.2, 0.25) is 11.7 Å². The molecule has 176 valence electrons. The predicted molar refractivity (Wildman–Crippen MR) is 135 cm³/mol. The molecule has 0 unspecified atom stereocenters. The Hall–Kier alpha value is -2.91. The smallest absolute Gasteiger partial charge is 0.231 e. The number of thioether (sulfide) groups is 1. The third kappa shape index (κ3) is 5.42. The molecule has 0 saturated heterocycles. The van der Waals surface area contributed by atoms with E-state index in [1.807, 2.05) is 48.7 Å². The summed E-state index contributed by atoms with van der Waals surface area (Å²) in [5, 5.41) is 15.6. The average Bonchev–Trinajstić information content (AvgIpc) is 3.60. The highest BCUT2D eigenvalue weighted by Gasteiger charge is 2.25. The van der Waals surface area contributed by atoms with Crippen LogP contribution in [0.3, 0.4) is 0 Å². The van der Waals surface area contributed by atoms with Crippen molar-refractivity contribution in [1.82, 2.24) is 19.7 Å². The molecule has 9 heteroatoms. The molecule has 3 heterocycles. The highest BCUT2D eigenvalue weighted by atomic mass is 32.2. The Morgan fingerprint density at radius 1 is 1.18 bits per heavy atom. The fourth-order valence-electron chi connectivity index (χ4n) is 4.23. The molecular weight excluding hydrogens is 466 g/mol. The third-order valence-electron chi connectivity index (χ3n) is 5.94. The summed E-state index contributed by atoms with van der Waals surface area (Å²) < 4.78 is 7.89. The summed E-state index contributed by atoms with van der Waals surface area (Å²) in [5.74, 6) is 2.17. The summed E-state index contributed by atoms with van der Waals surface area (Å²) in [7, 11) is 0. The van der Waals surface area contributed by atoms with Gasteiger partial charge in [-0.1, -0.05) is 48.7 Å². The van der Waals surface area contributed by atoms with E-state index < -0.39 is 0 Å². The molecule has 0 spiro atoms. The van der Waals surface area contributed by atoms with E-state index in [0.717, 1.165) is 51.5 Å². The summed E-state index contributed by atoms with van der Waals surface area (Å²) >= 11 is 3.16. The molecule has 1 aromatic carbocycles. The number of aryl methyl sites for hydroxylation is 1. The highest BCUT2D eigenvalue weighted by molar-refractivity contribution is 7.98.